The summed E-state index contributed by atoms with van der Waals surface area (Å²) in [5, 5.41) is 9.08. The maximum absolute atomic E-state index is 9.08. The van der Waals surface area contributed by atoms with Crippen molar-refractivity contribution < 1.29 is 0 Å². The Bertz CT molecular complexity index is 421. The molecule has 1 atom stereocenters. The fourth-order valence-electron chi connectivity index (χ4n) is 1.29. The highest BCUT2D eigenvalue weighted by molar-refractivity contribution is 5.28. The van der Waals surface area contributed by atoms with Crippen molar-refractivity contribution in [1.82, 2.24) is 15.0 Å². The van der Waals surface area contributed by atoms with E-state index in [0.717, 1.165) is 5.56 Å². The van der Waals surface area contributed by atoms with E-state index in [1.165, 1.54) is 0 Å². The standard InChI is InChI=1S/C11H8N4/c12-7-10(9-3-1-4-13-8-9)11-14-5-2-6-15-11/h1-6,8,10H. The van der Waals surface area contributed by atoms with Crippen molar-refractivity contribution in [2.75, 3.05) is 0 Å². The van der Waals surface area contributed by atoms with Gasteiger partial charge in [-0.05, 0) is 17.7 Å². The molecule has 2 rings (SSSR count). The van der Waals surface area contributed by atoms with E-state index in [0.29, 0.717) is 5.82 Å². The van der Waals surface area contributed by atoms with Crippen molar-refractivity contribution in [2.24, 2.45) is 0 Å². The zero-order valence-corrected chi connectivity index (χ0v) is 7.91. The summed E-state index contributed by atoms with van der Waals surface area (Å²) in [7, 11) is 0. The first kappa shape index (κ1) is 9.28. The molecule has 0 aromatic carbocycles. The van der Waals surface area contributed by atoms with Crippen molar-refractivity contribution in [3.63, 3.8) is 0 Å². The van der Waals surface area contributed by atoms with Crippen LogP contribution in [0.25, 0.3) is 0 Å². The first-order chi connectivity index (χ1) is 7.42. The van der Waals surface area contributed by atoms with Crippen LogP contribution >= 0.6 is 0 Å². The van der Waals surface area contributed by atoms with Gasteiger partial charge in [-0.3, -0.25) is 4.98 Å². The summed E-state index contributed by atoms with van der Waals surface area (Å²) in [6.07, 6.45) is 6.58. The molecule has 0 bridgehead atoms. The zero-order chi connectivity index (χ0) is 10.5. The monoisotopic (exact) mass is 196 g/mol. The largest absolute Gasteiger partial charge is 0.264 e. The lowest BCUT2D eigenvalue weighted by molar-refractivity contribution is 0.884. The van der Waals surface area contributed by atoms with Crippen molar-refractivity contribution in [1.29, 1.82) is 5.26 Å². The molecule has 0 amide bonds. The second-order valence-corrected chi connectivity index (χ2v) is 2.96. The second kappa shape index (κ2) is 4.29. The summed E-state index contributed by atoms with van der Waals surface area (Å²) in [4.78, 5) is 12.1. The summed E-state index contributed by atoms with van der Waals surface area (Å²) in [6, 6.07) is 7.53. The van der Waals surface area contributed by atoms with E-state index in [1.807, 2.05) is 6.07 Å². The number of nitrogens with zero attached hydrogens (tertiary/aromatic N) is 4. The van der Waals surface area contributed by atoms with Gasteiger partial charge >= 0.3 is 0 Å². The number of pyridine rings is 1. The highest BCUT2D eigenvalue weighted by Crippen LogP contribution is 2.18. The summed E-state index contributed by atoms with van der Waals surface area (Å²) in [5.74, 6) is 0.0629. The number of aromatic nitrogens is 3. The van der Waals surface area contributed by atoms with E-state index in [1.54, 1.807) is 36.9 Å². The maximum atomic E-state index is 9.08. The third-order valence-electron chi connectivity index (χ3n) is 1.99. The smallest absolute Gasteiger partial charge is 0.149 e. The van der Waals surface area contributed by atoms with E-state index in [9.17, 15) is 0 Å². The third kappa shape index (κ3) is 1.97. The lowest BCUT2D eigenvalue weighted by atomic mass is 10.0. The number of rotatable bonds is 2. The van der Waals surface area contributed by atoms with Crippen molar-refractivity contribution >= 4 is 0 Å². The van der Waals surface area contributed by atoms with Gasteiger partial charge in [-0.25, -0.2) is 9.97 Å². The van der Waals surface area contributed by atoms with Crippen molar-refractivity contribution in [2.45, 2.75) is 5.92 Å². The molecule has 2 aromatic heterocycles. The van der Waals surface area contributed by atoms with Gasteiger partial charge in [0.05, 0.1) is 6.07 Å². The molecule has 0 saturated carbocycles. The quantitative estimate of drug-likeness (QED) is 0.730. The highest BCUT2D eigenvalue weighted by Gasteiger charge is 2.15. The molecule has 0 fully saturated rings. The van der Waals surface area contributed by atoms with Crippen LogP contribution in [0.3, 0.4) is 0 Å². The van der Waals surface area contributed by atoms with Crippen LogP contribution in [-0.2, 0) is 0 Å². The van der Waals surface area contributed by atoms with Crippen LogP contribution in [0.1, 0.15) is 17.3 Å². The molecule has 4 nitrogen and oxygen atoms in total. The molecule has 0 N–H and O–H groups in total. The molecular formula is C11H8N4. The zero-order valence-electron chi connectivity index (χ0n) is 7.91. The maximum Gasteiger partial charge on any atom is 0.149 e. The summed E-state index contributed by atoms with van der Waals surface area (Å²) in [6.45, 7) is 0. The van der Waals surface area contributed by atoms with Crippen molar-refractivity contribution in [3.8, 4) is 6.07 Å². The first-order valence-corrected chi connectivity index (χ1v) is 4.48. The fourth-order valence-corrected chi connectivity index (χ4v) is 1.29. The van der Waals surface area contributed by atoms with Gasteiger partial charge in [0.15, 0.2) is 0 Å². The molecule has 0 radical (unpaired) electrons. The van der Waals surface area contributed by atoms with Crippen LogP contribution < -0.4 is 0 Å². The van der Waals surface area contributed by atoms with Crippen LogP contribution in [0.15, 0.2) is 43.0 Å². The van der Waals surface area contributed by atoms with Gasteiger partial charge in [-0.15, -0.1) is 0 Å². The van der Waals surface area contributed by atoms with Gasteiger partial charge in [0.2, 0.25) is 0 Å². The topological polar surface area (TPSA) is 62.5 Å². The van der Waals surface area contributed by atoms with Gasteiger partial charge in [0.1, 0.15) is 11.7 Å². The molecular weight excluding hydrogens is 188 g/mol. The van der Waals surface area contributed by atoms with Crippen LogP contribution in [-0.4, -0.2) is 15.0 Å². The fraction of sp³-hybridized carbons (Fsp3) is 0.0909. The molecule has 0 saturated heterocycles. The van der Waals surface area contributed by atoms with E-state index >= 15 is 0 Å². The number of hydrogen-bond acceptors (Lipinski definition) is 4. The van der Waals surface area contributed by atoms with Gasteiger partial charge in [0.25, 0.3) is 0 Å². The summed E-state index contributed by atoms with van der Waals surface area (Å²) in [5.41, 5.74) is 0.811. The Labute approximate surface area is 87.3 Å². The lowest BCUT2D eigenvalue weighted by Gasteiger charge is -2.05. The Morgan fingerprint density at radius 1 is 1.13 bits per heavy atom. The van der Waals surface area contributed by atoms with Crippen LogP contribution in [0.4, 0.5) is 0 Å². The predicted octanol–water partition coefficient (Wildman–Crippen LogP) is 1.53. The first-order valence-electron chi connectivity index (χ1n) is 4.48. The van der Waals surface area contributed by atoms with Crippen LogP contribution in [0.2, 0.25) is 0 Å². The minimum atomic E-state index is -0.445. The SMILES string of the molecule is N#CC(c1cccnc1)c1ncccn1. The Kier molecular flexibility index (Phi) is 2.65. The molecule has 0 aliphatic rings. The third-order valence-corrected chi connectivity index (χ3v) is 1.99. The molecule has 72 valence electrons. The van der Waals surface area contributed by atoms with Gasteiger partial charge < -0.3 is 0 Å². The molecule has 2 heterocycles. The highest BCUT2D eigenvalue weighted by atomic mass is 14.9. The van der Waals surface area contributed by atoms with E-state index in [4.69, 9.17) is 5.26 Å². The van der Waals surface area contributed by atoms with Gasteiger partial charge in [0, 0.05) is 24.8 Å². The van der Waals surface area contributed by atoms with Crippen molar-refractivity contribution in [3.05, 3.63) is 54.4 Å². The second-order valence-electron chi connectivity index (χ2n) is 2.96. The Morgan fingerprint density at radius 3 is 2.53 bits per heavy atom. The number of nitriles is 1. The molecule has 15 heavy (non-hydrogen) atoms. The Balaban J connectivity index is 2.39. The summed E-state index contributed by atoms with van der Waals surface area (Å²) < 4.78 is 0. The Morgan fingerprint density at radius 2 is 1.93 bits per heavy atom. The lowest BCUT2D eigenvalue weighted by Crippen LogP contribution is -2.03. The molecule has 0 spiro atoms. The molecule has 4 heteroatoms. The van der Waals surface area contributed by atoms with E-state index in [2.05, 4.69) is 21.0 Å². The van der Waals surface area contributed by atoms with Gasteiger partial charge in [-0.2, -0.15) is 5.26 Å². The van der Waals surface area contributed by atoms with Crippen LogP contribution in [0.5, 0.6) is 0 Å². The number of hydrogen-bond donors (Lipinski definition) is 0. The normalized spacial score (nSPS) is 11.7. The van der Waals surface area contributed by atoms with E-state index < -0.39 is 5.92 Å². The summed E-state index contributed by atoms with van der Waals surface area (Å²) >= 11 is 0. The van der Waals surface area contributed by atoms with E-state index in [-0.39, 0.29) is 0 Å². The molecule has 2 aromatic rings. The van der Waals surface area contributed by atoms with Gasteiger partial charge in [-0.1, -0.05) is 6.07 Å². The van der Waals surface area contributed by atoms with Crippen LogP contribution in [0, 0.1) is 11.3 Å². The molecule has 1 unspecified atom stereocenters. The average molecular weight is 196 g/mol. The minimum absolute atomic E-state index is 0.445. The molecule has 0 aliphatic carbocycles. The average Bonchev–Trinajstić information content (AvgIpc) is 2.33. The predicted molar refractivity (Wildman–Crippen MR) is 53.7 cm³/mol. The Hall–Kier alpha value is -2.28. The minimum Gasteiger partial charge on any atom is -0.264 e. The molecule has 0 aliphatic heterocycles.